The number of benzene rings is 2. The summed E-state index contributed by atoms with van der Waals surface area (Å²) in [5, 5.41) is 13.3. The molecule has 0 bridgehead atoms. The fraction of sp³-hybridized carbons (Fsp3) is 0.238. The van der Waals surface area contributed by atoms with E-state index in [0.29, 0.717) is 5.82 Å². The van der Waals surface area contributed by atoms with E-state index in [1.807, 2.05) is 32.0 Å². The second-order valence-electron chi connectivity index (χ2n) is 7.49. The fourth-order valence-electron chi connectivity index (χ4n) is 3.68. The number of hydrogen-bond donors (Lipinski definition) is 0. The number of imide groups is 1. The summed E-state index contributed by atoms with van der Waals surface area (Å²) >= 11 is 0. The van der Waals surface area contributed by atoms with Crippen LogP contribution in [0.5, 0.6) is 0 Å². The first-order valence-corrected chi connectivity index (χ1v) is 9.63. The third-order valence-corrected chi connectivity index (χ3v) is 5.45. The van der Waals surface area contributed by atoms with Gasteiger partial charge in [-0.2, -0.15) is 10.1 Å². The Morgan fingerprint density at radius 2 is 1.90 bits per heavy atom. The van der Waals surface area contributed by atoms with E-state index in [1.165, 1.54) is 23.2 Å². The average molecular weight is 420 g/mol. The summed E-state index contributed by atoms with van der Waals surface area (Å²) in [6.45, 7) is 4.03. The van der Waals surface area contributed by atoms with Gasteiger partial charge in [0.15, 0.2) is 12.1 Å². The summed E-state index contributed by atoms with van der Waals surface area (Å²) in [4.78, 5) is 31.0. The number of aryl methyl sites for hydroxylation is 2. The Hall–Kier alpha value is -3.95. The summed E-state index contributed by atoms with van der Waals surface area (Å²) in [6.07, 6.45) is 0. The molecule has 0 radical (unpaired) electrons. The van der Waals surface area contributed by atoms with Crippen molar-refractivity contribution in [2.24, 2.45) is 10.3 Å². The lowest BCUT2D eigenvalue weighted by Gasteiger charge is -2.19. The van der Waals surface area contributed by atoms with E-state index in [-0.39, 0.29) is 18.1 Å². The average Bonchev–Trinajstić information content (AvgIpc) is 3.43. The minimum atomic E-state index is -0.988. The minimum Gasteiger partial charge on any atom is -0.337 e. The lowest BCUT2D eigenvalue weighted by atomic mass is 10.1. The molecule has 5 rings (SSSR count). The zero-order valence-electron chi connectivity index (χ0n) is 16.7. The van der Waals surface area contributed by atoms with Crippen molar-refractivity contribution in [3.05, 3.63) is 65.3 Å². The first-order chi connectivity index (χ1) is 14.9. The van der Waals surface area contributed by atoms with Gasteiger partial charge in [0.2, 0.25) is 11.7 Å². The predicted octanol–water partition coefficient (Wildman–Crippen LogP) is 2.99. The highest BCUT2D eigenvalue weighted by molar-refractivity contribution is 6.25. The molecule has 9 nitrogen and oxygen atoms in total. The lowest BCUT2D eigenvalue weighted by Crippen LogP contribution is -2.39. The molecule has 1 saturated heterocycles. The molecule has 2 atom stereocenters. The van der Waals surface area contributed by atoms with E-state index in [2.05, 4.69) is 20.5 Å². The second-order valence-corrected chi connectivity index (χ2v) is 7.49. The quantitative estimate of drug-likeness (QED) is 0.601. The molecule has 31 heavy (non-hydrogen) atoms. The van der Waals surface area contributed by atoms with Crippen molar-refractivity contribution in [3.8, 4) is 11.4 Å². The van der Waals surface area contributed by atoms with Crippen molar-refractivity contribution < 1.29 is 18.5 Å². The number of nitrogens with zero attached hydrogens (tertiary/aromatic N) is 6. The Balaban J connectivity index is 1.37. The van der Waals surface area contributed by atoms with Gasteiger partial charge in [-0.3, -0.25) is 14.6 Å². The highest BCUT2D eigenvalue weighted by atomic mass is 19.1. The number of fused-ring (bicyclic) bond motifs is 1. The summed E-state index contributed by atoms with van der Waals surface area (Å²) in [7, 11) is 0. The normalized spacial score (nSPS) is 20.1. The van der Waals surface area contributed by atoms with Gasteiger partial charge in [0.05, 0.1) is 5.69 Å². The Kier molecular flexibility index (Phi) is 4.35. The van der Waals surface area contributed by atoms with Crippen molar-refractivity contribution in [2.45, 2.75) is 32.5 Å². The van der Waals surface area contributed by atoms with Gasteiger partial charge in [-0.25, -0.2) is 9.29 Å². The molecule has 0 unspecified atom stereocenters. The zero-order valence-corrected chi connectivity index (χ0v) is 16.7. The highest BCUT2D eigenvalue weighted by Crippen LogP contribution is 2.33. The van der Waals surface area contributed by atoms with Crippen molar-refractivity contribution in [2.75, 3.05) is 4.90 Å². The number of rotatable bonds is 4. The SMILES string of the molecule is Cc1ccc(-c2noc(CN3N=N[C@H]4C(=O)N(c5cccc(F)c5)C(=O)[C@H]43)n2)cc1C. The van der Waals surface area contributed by atoms with E-state index in [4.69, 9.17) is 4.52 Å². The van der Waals surface area contributed by atoms with Crippen LogP contribution >= 0.6 is 0 Å². The number of aromatic nitrogens is 2. The summed E-state index contributed by atoms with van der Waals surface area (Å²) < 4.78 is 18.9. The number of amides is 2. The van der Waals surface area contributed by atoms with Crippen LogP contribution in [0.3, 0.4) is 0 Å². The Bertz CT molecular complexity index is 1240. The van der Waals surface area contributed by atoms with E-state index in [0.717, 1.165) is 27.7 Å². The van der Waals surface area contributed by atoms with Crippen LogP contribution in [0.25, 0.3) is 11.4 Å². The molecule has 3 heterocycles. The maximum absolute atomic E-state index is 13.6. The van der Waals surface area contributed by atoms with Crippen LogP contribution in [0.1, 0.15) is 17.0 Å². The molecular weight excluding hydrogens is 403 g/mol. The lowest BCUT2D eigenvalue weighted by molar-refractivity contribution is -0.123. The zero-order chi connectivity index (χ0) is 21.7. The van der Waals surface area contributed by atoms with Gasteiger partial charge in [0, 0.05) is 5.56 Å². The van der Waals surface area contributed by atoms with Gasteiger partial charge in [0.1, 0.15) is 12.4 Å². The maximum Gasteiger partial charge on any atom is 0.263 e. The molecule has 3 aromatic rings. The molecule has 0 aliphatic carbocycles. The third kappa shape index (κ3) is 3.16. The Labute approximate surface area is 176 Å². The molecule has 10 heteroatoms. The third-order valence-electron chi connectivity index (χ3n) is 5.45. The molecule has 2 aliphatic heterocycles. The molecule has 1 fully saturated rings. The van der Waals surface area contributed by atoms with E-state index in [1.54, 1.807) is 0 Å². The molecule has 0 saturated carbocycles. The fourth-order valence-corrected chi connectivity index (χ4v) is 3.68. The molecule has 156 valence electrons. The van der Waals surface area contributed by atoms with Crippen LogP contribution in [0.2, 0.25) is 0 Å². The Morgan fingerprint density at radius 3 is 2.68 bits per heavy atom. The Morgan fingerprint density at radius 1 is 1.06 bits per heavy atom. The number of hydrogen-bond acceptors (Lipinski definition) is 8. The van der Waals surface area contributed by atoms with E-state index < -0.39 is 29.7 Å². The van der Waals surface area contributed by atoms with Crippen LogP contribution in [0, 0.1) is 19.7 Å². The topological polar surface area (TPSA) is 104 Å². The van der Waals surface area contributed by atoms with Crippen molar-refractivity contribution in [3.63, 3.8) is 0 Å². The van der Waals surface area contributed by atoms with Gasteiger partial charge in [-0.15, -0.1) is 0 Å². The van der Waals surface area contributed by atoms with Gasteiger partial charge in [0.25, 0.3) is 11.8 Å². The number of carbonyl (C=O) groups excluding carboxylic acids is 2. The highest BCUT2D eigenvalue weighted by Gasteiger charge is 2.55. The van der Waals surface area contributed by atoms with Crippen molar-refractivity contribution >= 4 is 17.5 Å². The largest absolute Gasteiger partial charge is 0.337 e. The van der Waals surface area contributed by atoms with Crippen LogP contribution in [0.4, 0.5) is 10.1 Å². The first kappa shape index (κ1) is 19.0. The minimum absolute atomic E-state index is 0.0124. The number of carbonyl (C=O) groups is 2. The van der Waals surface area contributed by atoms with Crippen molar-refractivity contribution in [1.29, 1.82) is 0 Å². The molecule has 2 aromatic carbocycles. The molecule has 2 aliphatic rings. The van der Waals surface area contributed by atoms with Crippen molar-refractivity contribution in [1.82, 2.24) is 15.1 Å². The van der Waals surface area contributed by atoms with Gasteiger partial charge in [-0.1, -0.05) is 28.6 Å². The standard InChI is InChI=1S/C21H17FN6O3/c1-11-6-7-13(8-12(11)2)19-23-16(31-25-19)10-27-18-17(24-26-27)20(29)28(21(18)30)15-5-3-4-14(22)9-15/h3-9,17-18H,10H2,1-2H3/t17-,18+/m1/s1. The van der Waals surface area contributed by atoms with Gasteiger partial charge >= 0.3 is 0 Å². The van der Waals surface area contributed by atoms with Crippen LogP contribution in [-0.4, -0.2) is 39.0 Å². The number of anilines is 1. The molecule has 2 amide bonds. The maximum atomic E-state index is 13.6. The second kappa shape index (κ2) is 7.08. The van der Waals surface area contributed by atoms with Crippen LogP contribution in [0.15, 0.2) is 57.3 Å². The van der Waals surface area contributed by atoms with Crippen LogP contribution in [-0.2, 0) is 16.1 Å². The van der Waals surface area contributed by atoms with E-state index in [9.17, 15) is 14.0 Å². The molecule has 1 aromatic heterocycles. The number of halogens is 1. The summed E-state index contributed by atoms with van der Waals surface area (Å²) in [5.74, 6) is -0.968. The molecular formula is C21H17FN6O3. The van der Waals surface area contributed by atoms with Crippen LogP contribution < -0.4 is 4.90 Å². The van der Waals surface area contributed by atoms with Gasteiger partial charge < -0.3 is 4.52 Å². The van der Waals surface area contributed by atoms with Gasteiger partial charge in [-0.05, 0) is 49.2 Å². The summed E-state index contributed by atoms with van der Waals surface area (Å²) in [6, 6.07) is 9.22. The van der Waals surface area contributed by atoms with E-state index >= 15 is 0 Å². The summed E-state index contributed by atoms with van der Waals surface area (Å²) in [5.41, 5.74) is 3.23. The monoisotopic (exact) mass is 420 g/mol. The predicted molar refractivity (Wildman–Crippen MR) is 106 cm³/mol. The molecule has 0 N–H and O–H groups in total. The smallest absolute Gasteiger partial charge is 0.263 e. The molecule has 0 spiro atoms. The first-order valence-electron chi connectivity index (χ1n) is 9.63.